The van der Waals surface area contributed by atoms with Gasteiger partial charge in [0.05, 0.1) is 0 Å². The summed E-state index contributed by atoms with van der Waals surface area (Å²) in [5, 5.41) is 20.4. The summed E-state index contributed by atoms with van der Waals surface area (Å²) in [6.45, 7) is 6.26. The van der Waals surface area contributed by atoms with E-state index in [2.05, 4.69) is 38.1 Å². The maximum absolute atomic E-state index is 11.8. The van der Waals surface area contributed by atoms with Crippen LogP contribution in [0.1, 0.15) is 83.6 Å². The lowest BCUT2D eigenvalue weighted by Gasteiger charge is -2.20. The first-order valence-electron chi connectivity index (χ1n) is 10.7. The van der Waals surface area contributed by atoms with Gasteiger partial charge in [-0.1, -0.05) is 87.9 Å². The summed E-state index contributed by atoms with van der Waals surface area (Å²) in [4.78, 5) is 11.8. The van der Waals surface area contributed by atoms with Crippen LogP contribution in [0, 0.1) is 0 Å². The molecule has 0 aromatic heterocycles. The monoisotopic (exact) mass is 402 g/mol. The van der Waals surface area contributed by atoms with Gasteiger partial charge in [-0.05, 0) is 41.2 Å². The van der Waals surface area contributed by atoms with Gasteiger partial charge in [0, 0.05) is 17.4 Å². The van der Waals surface area contributed by atoms with Gasteiger partial charge in [0.1, 0.15) is 11.3 Å². The zero-order valence-corrected chi connectivity index (χ0v) is 17.9. The highest BCUT2D eigenvalue weighted by molar-refractivity contribution is 5.91. The maximum Gasteiger partial charge on any atom is 0.339 e. The summed E-state index contributed by atoms with van der Waals surface area (Å²) in [7, 11) is 0. The van der Waals surface area contributed by atoms with Crippen LogP contribution < -0.4 is 0 Å². The molecule has 0 heterocycles. The standard InChI is InChI=1S/C27H30O3/c1-4-5-9-20-12-14-22(15-13-20)18(2)23-16-24(26(28)25(17-23)27(29)30)19(3)21-10-7-6-8-11-21/h6-8,10-19,28H,4-5,9H2,1-3H3,(H,29,30). The fourth-order valence-corrected chi connectivity index (χ4v) is 3.89. The number of carboxylic acids is 1. The van der Waals surface area contributed by atoms with E-state index in [1.54, 1.807) is 6.07 Å². The number of carboxylic acid groups (broad SMARTS) is 1. The molecule has 0 saturated heterocycles. The van der Waals surface area contributed by atoms with Crippen molar-refractivity contribution in [2.75, 3.05) is 0 Å². The van der Waals surface area contributed by atoms with Crippen molar-refractivity contribution < 1.29 is 15.0 Å². The molecular weight excluding hydrogens is 372 g/mol. The van der Waals surface area contributed by atoms with E-state index in [4.69, 9.17) is 0 Å². The molecule has 3 nitrogen and oxygen atoms in total. The van der Waals surface area contributed by atoms with Crippen LogP contribution in [-0.2, 0) is 6.42 Å². The highest BCUT2D eigenvalue weighted by atomic mass is 16.4. The molecule has 0 spiro atoms. The molecule has 0 bridgehead atoms. The Morgan fingerprint density at radius 2 is 1.50 bits per heavy atom. The molecule has 3 heteroatoms. The second kappa shape index (κ2) is 9.62. The summed E-state index contributed by atoms with van der Waals surface area (Å²) in [6, 6.07) is 22.0. The van der Waals surface area contributed by atoms with Gasteiger partial charge in [-0.2, -0.15) is 0 Å². The Morgan fingerprint density at radius 1 is 0.867 bits per heavy atom. The van der Waals surface area contributed by atoms with E-state index in [9.17, 15) is 15.0 Å². The molecule has 0 aliphatic carbocycles. The van der Waals surface area contributed by atoms with Gasteiger partial charge in [-0.25, -0.2) is 4.79 Å². The molecule has 2 unspecified atom stereocenters. The molecule has 3 aromatic carbocycles. The quantitative estimate of drug-likeness (QED) is 0.439. The Bertz CT molecular complexity index is 991. The Balaban J connectivity index is 2.00. The van der Waals surface area contributed by atoms with Crippen molar-refractivity contribution in [2.45, 2.75) is 51.9 Å². The largest absolute Gasteiger partial charge is 0.507 e. The van der Waals surface area contributed by atoms with E-state index in [1.165, 1.54) is 18.4 Å². The van der Waals surface area contributed by atoms with Gasteiger partial charge >= 0.3 is 5.97 Å². The third-order valence-corrected chi connectivity index (χ3v) is 5.96. The smallest absolute Gasteiger partial charge is 0.339 e. The Morgan fingerprint density at radius 3 is 2.10 bits per heavy atom. The summed E-state index contributed by atoms with van der Waals surface area (Å²) < 4.78 is 0. The minimum Gasteiger partial charge on any atom is -0.507 e. The van der Waals surface area contributed by atoms with Crippen molar-refractivity contribution in [1.82, 2.24) is 0 Å². The minimum absolute atomic E-state index is 0.0191. The molecule has 0 amide bonds. The summed E-state index contributed by atoms with van der Waals surface area (Å²) in [5.74, 6) is -1.36. The first kappa shape index (κ1) is 21.6. The Labute approximate surface area is 179 Å². The molecule has 156 valence electrons. The van der Waals surface area contributed by atoms with Gasteiger partial charge in [0.25, 0.3) is 0 Å². The van der Waals surface area contributed by atoms with Crippen LogP contribution in [0.2, 0.25) is 0 Å². The van der Waals surface area contributed by atoms with Crippen molar-refractivity contribution in [3.8, 4) is 5.75 Å². The number of hydrogen-bond donors (Lipinski definition) is 2. The van der Waals surface area contributed by atoms with Crippen molar-refractivity contribution in [3.63, 3.8) is 0 Å². The molecule has 30 heavy (non-hydrogen) atoms. The Hall–Kier alpha value is -3.07. The van der Waals surface area contributed by atoms with Crippen LogP contribution in [0.3, 0.4) is 0 Å². The van der Waals surface area contributed by atoms with Gasteiger partial charge in [-0.15, -0.1) is 0 Å². The molecule has 2 atom stereocenters. The van der Waals surface area contributed by atoms with E-state index in [1.807, 2.05) is 43.3 Å². The van der Waals surface area contributed by atoms with E-state index in [0.29, 0.717) is 5.56 Å². The molecule has 0 radical (unpaired) electrons. The molecule has 2 N–H and O–H groups in total. The van der Waals surface area contributed by atoms with Crippen molar-refractivity contribution in [2.24, 2.45) is 0 Å². The second-order valence-electron chi connectivity index (χ2n) is 8.01. The predicted octanol–water partition coefficient (Wildman–Crippen LogP) is 6.74. The van der Waals surface area contributed by atoms with Crippen LogP contribution in [0.4, 0.5) is 0 Å². The molecule has 0 aliphatic heterocycles. The van der Waals surface area contributed by atoms with Gasteiger partial charge in [0.15, 0.2) is 0 Å². The van der Waals surface area contributed by atoms with Crippen molar-refractivity contribution in [3.05, 3.63) is 100 Å². The SMILES string of the molecule is CCCCc1ccc(C(C)c2cc(C(=O)O)c(O)c(C(C)c3ccccc3)c2)cc1. The number of aromatic carboxylic acids is 1. The number of rotatable bonds is 8. The average Bonchev–Trinajstić information content (AvgIpc) is 2.77. The molecular formula is C27H30O3. The third-order valence-electron chi connectivity index (χ3n) is 5.96. The average molecular weight is 403 g/mol. The van der Waals surface area contributed by atoms with Gasteiger partial charge in [0.2, 0.25) is 0 Å². The van der Waals surface area contributed by atoms with Crippen LogP contribution in [-0.4, -0.2) is 16.2 Å². The topological polar surface area (TPSA) is 57.5 Å². The number of aromatic hydroxyl groups is 1. The molecule has 0 aliphatic rings. The highest BCUT2D eigenvalue weighted by Crippen LogP contribution is 2.37. The fourth-order valence-electron chi connectivity index (χ4n) is 3.89. The summed E-state index contributed by atoms with van der Waals surface area (Å²) in [6.07, 6.45) is 3.42. The molecule has 0 fully saturated rings. The van der Waals surface area contributed by atoms with E-state index < -0.39 is 5.97 Å². The van der Waals surface area contributed by atoms with E-state index in [-0.39, 0.29) is 23.1 Å². The minimum atomic E-state index is -1.11. The molecule has 3 rings (SSSR count). The number of phenols is 1. The first-order valence-corrected chi connectivity index (χ1v) is 10.7. The third kappa shape index (κ3) is 4.73. The lowest BCUT2D eigenvalue weighted by atomic mass is 9.85. The van der Waals surface area contributed by atoms with Gasteiger partial charge in [-0.3, -0.25) is 0 Å². The number of unbranched alkanes of at least 4 members (excludes halogenated alkanes) is 1. The summed E-state index contributed by atoms with van der Waals surface area (Å²) in [5.41, 5.74) is 4.98. The normalized spacial score (nSPS) is 13.0. The maximum atomic E-state index is 11.8. The lowest BCUT2D eigenvalue weighted by Crippen LogP contribution is -2.07. The van der Waals surface area contributed by atoms with E-state index >= 15 is 0 Å². The molecule has 3 aromatic rings. The first-order chi connectivity index (χ1) is 14.4. The number of aryl methyl sites for hydroxylation is 1. The highest BCUT2D eigenvalue weighted by Gasteiger charge is 2.22. The van der Waals surface area contributed by atoms with E-state index in [0.717, 1.165) is 23.1 Å². The lowest BCUT2D eigenvalue weighted by molar-refractivity contribution is 0.0693. The van der Waals surface area contributed by atoms with Crippen LogP contribution in [0.5, 0.6) is 5.75 Å². The van der Waals surface area contributed by atoms with Crippen LogP contribution >= 0.6 is 0 Å². The van der Waals surface area contributed by atoms with Crippen LogP contribution in [0.15, 0.2) is 66.7 Å². The fraction of sp³-hybridized carbons (Fsp3) is 0.296. The predicted molar refractivity (Wildman–Crippen MR) is 122 cm³/mol. The van der Waals surface area contributed by atoms with Crippen molar-refractivity contribution in [1.29, 1.82) is 0 Å². The summed E-state index contributed by atoms with van der Waals surface area (Å²) >= 11 is 0. The zero-order valence-electron chi connectivity index (χ0n) is 17.9. The second-order valence-corrected chi connectivity index (χ2v) is 8.01. The molecule has 0 saturated carbocycles. The number of hydrogen-bond acceptors (Lipinski definition) is 2. The number of carbonyl (C=O) groups is 1. The van der Waals surface area contributed by atoms with Gasteiger partial charge < -0.3 is 10.2 Å². The zero-order chi connectivity index (χ0) is 21.7. The Kier molecular flexibility index (Phi) is 6.94. The van der Waals surface area contributed by atoms with Crippen molar-refractivity contribution >= 4 is 5.97 Å². The van der Waals surface area contributed by atoms with Crippen LogP contribution in [0.25, 0.3) is 0 Å². The number of benzene rings is 3.